The van der Waals surface area contributed by atoms with Crippen LogP contribution in [0.25, 0.3) is 38.7 Å². The molecular formula is C19H13NO2. The van der Waals surface area contributed by atoms with Crippen LogP contribution in [0.5, 0.6) is 0 Å². The number of H-pyrrole nitrogens is 1. The molecule has 0 unspecified atom stereocenters. The Kier molecular flexibility index (Phi) is 2.20. The Labute approximate surface area is 125 Å². The summed E-state index contributed by atoms with van der Waals surface area (Å²) >= 11 is 0. The highest BCUT2D eigenvalue weighted by Gasteiger charge is 2.15. The zero-order valence-corrected chi connectivity index (χ0v) is 11.8. The lowest BCUT2D eigenvalue weighted by Gasteiger charge is -2.04. The van der Waals surface area contributed by atoms with Gasteiger partial charge in [0.25, 0.3) is 0 Å². The van der Waals surface area contributed by atoms with E-state index >= 15 is 0 Å². The quantitative estimate of drug-likeness (QED) is 0.385. The Hall–Kier alpha value is -2.81. The normalized spacial score (nSPS) is 14.0. The number of aromatic nitrogens is 1. The van der Waals surface area contributed by atoms with E-state index in [1.165, 1.54) is 11.3 Å². The minimum atomic E-state index is -0.273. The Morgan fingerprint density at radius 3 is 2.86 bits per heavy atom. The summed E-state index contributed by atoms with van der Waals surface area (Å²) in [7, 11) is 0. The van der Waals surface area contributed by atoms with Gasteiger partial charge in [0.15, 0.2) is 0 Å². The molecule has 1 aliphatic rings. The SMILES string of the molecule is O=c1oc2ccccc2c2cc3[nH]c4c(c3cc12)C=CCC4. The molecule has 0 fully saturated rings. The molecule has 0 aliphatic heterocycles. The van der Waals surface area contributed by atoms with Crippen LogP contribution in [0.3, 0.4) is 0 Å². The van der Waals surface area contributed by atoms with Crippen LogP contribution in [0.15, 0.2) is 51.7 Å². The molecule has 0 saturated carbocycles. The van der Waals surface area contributed by atoms with Crippen molar-refractivity contribution in [3.63, 3.8) is 0 Å². The highest BCUT2D eigenvalue weighted by Crippen LogP contribution is 2.32. The van der Waals surface area contributed by atoms with Crippen molar-refractivity contribution in [2.24, 2.45) is 0 Å². The van der Waals surface area contributed by atoms with Gasteiger partial charge in [0.2, 0.25) is 0 Å². The van der Waals surface area contributed by atoms with Crippen molar-refractivity contribution in [3.8, 4) is 0 Å². The fourth-order valence-corrected chi connectivity index (χ4v) is 3.46. The van der Waals surface area contributed by atoms with Crippen molar-refractivity contribution in [1.29, 1.82) is 0 Å². The molecule has 22 heavy (non-hydrogen) atoms. The maximum Gasteiger partial charge on any atom is 0.344 e. The van der Waals surface area contributed by atoms with E-state index in [0.717, 1.165) is 34.5 Å². The van der Waals surface area contributed by atoms with Gasteiger partial charge in [-0.3, -0.25) is 0 Å². The number of para-hydroxylation sites is 1. The predicted molar refractivity (Wildman–Crippen MR) is 89.2 cm³/mol. The molecule has 3 heteroatoms. The third kappa shape index (κ3) is 1.48. The van der Waals surface area contributed by atoms with Crippen molar-refractivity contribution >= 4 is 38.7 Å². The summed E-state index contributed by atoms with van der Waals surface area (Å²) in [5.41, 5.74) is 3.90. The van der Waals surface area contributed by atoms with E-state index in [-0.39, 0.29) is 5.63 Å². The summed E-state index contributed by atoms with van der Waals surface area (Å²) in [5.74, 6) is 0. The summed E-state index contributed by atoms with van der Waals surface area (Å²) < 4.78 is 5.46. The number of hydrogen-bond donors (Lipinski definition) is 1. The van der Waals surface area contributed by atoms with Gasteiger partial charge in [0.1, 0.15) is 5.58 Å². The lowest BCUT2D eigenvalue weighted by molar-refractivity contribution is 0.570. The maximum absolute atomic E-state index is 12.3. The van der Waals surface area contributed by atoms with E-state index < -0.39 is 0 Å². The number of fused-ring (bicyclic) bond motifs is 6. The molecule has 0 bridgehead atoms. The number of allylic oxidation sites excluding steroid dienone is 1. The van der Waals surface area contributed by atoms with Gasteiger partial charge in [-0.2, -0.15) is 0 Å². The van der Waals surface area contributed by atoms with Crippen LogP contribution in [-0.2, 0) is 6.42 Å². The van der Waals surface area contributed by atoms with E-state index in [1.807, 2.05) is 30.3 Å². The topological polar surface area (TPSA) is 46.0 Å². The van der Waals surface area contributed by atoms with Gasteiger partial charge < -0.3 is 9.40 Å². The average molecular weight is 287 g/mol. The van der Waals surface area contributed by atoms with E-state index in [1.54, 1.807) is 0 Å². The van der Waals surface area contributed by atoms with Gasteiger partial charge in [-0.1, -0.05) is 30.4 Å². The van der Waals surface area contributed by atoms with Crippen LogP contribution >= 0.6 is 0 Å². The molecule has 0 atom stereocenters. The smallest absolute Gasteiger partial charge is 0.344 e. The molecule has 0 amide bonds. The summed E-state index contributed by atoms with van der Waals surface area (Å²) in [6.07, 6.45) is 6.41. The fourth-order valence-electron chi connectivity index (χ4n) is 3.46. The first kappa shape index (κ1) is 11.8. The monoisotopic (exact) mass is 287 g/mol. The molecule has 106 valence electrons. The Morgan fingerprint density at radius 2 is 1.91 bits per heavy atom. The van der Waals surface area contributed by atoms with Crippen molar-refractivity contribution in [2.75, 3.05) is 0 Å². The number of aromatic amines is 1. The van der Waals surface area contributed by atoms with Crippen molar-refractivity contribution in [1.82, 2.24) is 4.98 Å². The molecule has 5 rings (SSSR count). The highest BCUT2D eigenvalue weighted by atomic mass is 16.4. The van der Waals surface area contributed by atoms with Crippen molar-refractivity contribution in [2.45, 2.75) is 12.8 Å². The van der Waals surface area contributed by atoms with Gasteiger partial charge in [-0.25, -0.2) is 4.79 Å². The van der Waals surface area contributed by atoms with E-state index in [2.05, 4.69) is 23.2 Å². The van der Waals surface area contributed by atoms with Crippen molar-refractivity contribution in [3.05, 3.63) is 64.2 Å². The molecule has 3 nitrogen and oxygen atoms in total. The van der Waals surface area contributed by atoms with Gasteiger partial charge in [0, 0.05) is 32.9 Å². The summed E-state index contributed by atoms with van der Waals surface area (Å²) in [6.45, 7) is 0. The maximum atomic E-state index is 12.3. The minimum Gasteiger partial charge on any atom is -0.422 e. The van der Waals surface area contributed by atoms with Crippen LogP contribution in [0, 0.1) is 0 Å². The molecular weight excluding hydrogens is 274 g/mol. The lowest BCUT2D eigenvalue weighted by Crippen LogP contribution is -1.99. The molecule has 1 N–H and O–H groups in total. The van der Waals surface area contributed by atoms with Gasteiger partial charge >= 0.3 is 5.63 Å². The predicted octanol–water partition coefficient (Wildman–Crippen LogP) is 4.39. The summed E-state index contributed by atoms with van der Waals surface area (Å²) in [5, 5.41) is 3.66. The summed E-state index contributed by atoms with van der Waals surface area (Å²) in [4.78, 5) is 15.8. The molecule has 4 aromatic rings. The van der Waals surface area contributed by atoms with Crippen LogP contribution in [0.4, 0.5) is 0 Å². The Bertz CT molecular complexity index is 1140. The highest BCUT2D eigenvalue weighted by molar-refractivity contribution is 6.10. The third-order valence-electron chi connectivity index (χ3n) is 4.50. The third-order valence-corrected chi connectivity index (χ3v) is 4.50. The first-order valence-electron chi connectivity index (χ1n) is 7.48. The fraction of sp³-hybridized carbons (Fsp3) is 0.105. The molecule has 0 saturated heterocycles. The Balaban J connectivity index is 2.02. The standard InChI is InChI=1S/C19H13NO2/c21-19-15-9-14-11-5-1-3-7-16(11)20-17(14)10-13(15)12-6-2-4-8-18(12)22-19/h1-2,4-6,8-10,20H,3,7H2. The van der Waals surface area contributed by atoms with Crippen molar-refractivity contribution < 1.29 is 4.42 Å². The van der Waals surface area contributed by atoms with E-state index in [4.69, 9.17) is 4.42 Å². The molecule has 2 aromatic heterocycles. The first-order chi connectivity index (χ1) is 10.8. The first-order valence-corrected chi connectivity index (χ1v) is 7.48. The number of aryl methyl sites for hydroxylation is 1. The average Bonchev–Trinajstić information content (AvgIpc) is 2.91. The second kappa shape index (κ2) is 4.10. The zero-order chi connectivity index (χ0) is 14.7. The van der Waals surface area contributed by atoms with Crippen LogP contribution in [0.2, 0.25) is 0 Å². The van der Waals surface area contributed by atoms with Gasteiger partial charge in [0.05, 0.1) is 5.39 Å². The van der Waals surface area contributed by atoms with Crippen LogP contribution < -0.4 is 5.63 Å². The second-order valence-corrected chi connectivity index (χ2v) is 5.79. The molecule has 0 spiro atoms. The molecule has 0 radical (unpaired) electrons. The minimum absolute atomic E-state index is 0.273. The van der Waals surface area contributed by atoms with Gasteiger partial charge in [-0.05, 0) is 31.0 Å². The molecule has 2 heterocycles. The lowest BCUT2D eigenvalue weighted by atomic mass is 10.00. The number of nitrogens with one attached hydrogen (secondary N) is 1. The van der Waals surface area contributed by atoms with Crippen LogP contribution in [-0.4, -0.2) is 4.98 Å². The molecule has 1 aliphatic carbocycles. The molecule has 2 aromatic carbocycles. The number of rotatable bonds is 0. The van der Waals surface area contributed by atoms with E-state index in [9.17, 15) is 4.79 Å². The number of hydrogen-bond acceptors (Lipinski definition) is 2. The van der Waals surface area contributed by atoms with Gasteiger partial charge in [-0.15, -0.1) is 0 Å². The number of benzene rings is 2. The Morgan fingerprint density at radius 1 is 1.00 bits per heavy atom. The largest absolute Gasteiger partial charge is 0.422 e. The summed E-state index contributed by atoms with van der Waals surface area (Å²) in [6, 6.07) is 11.7. The second-order valence-electron chi connectivity index (χ2n) is 5.79. The zero-order valence-electron chi connectivity index (χ0n) is 11.8. The van der Waals surface area contributed by atoms with E-state index in [0.29, 0.717) is 11.0 Å². The van der Waals surface area contributed by atoms with Crippen LogP contribution in [0.1, 0.15) is 17.7 Å².